The molecule has 5 nitrogen and oxygen atoms in total. The van der Waals surface area contributed by atoms with Gasteiger partial charge in [-0.15, -0.1) is 0 Å². The molecule has 0 aliphatic rings. The third kappa shape index (κ3) is 3.72. The molecule has 1 N–H and O–H groups in total. The molecule has 25 heavy (non-hydrogen) atoms. The third-order valence-electron chi connectivity index (χ3n) is 4.14. The van der Waals surface area contributed by atoms with Crippen LogP contribution in [0.4, 0.5) is 0 Å². The Balaban J connectivity index is 1.74. The number of carbonyl (C=O) groups is 1. The molecule has 1 atom stereocenters. The monoisotopic (exact) mass is 338 g/mol. The molecule has 0 aliphatic carbocycles. The van der Waals surface area contributed by atoms with E-state index in [0.29, 0.717) is 17.9 Å². The maximum atomic E-state index is 11.6. The summed E-state index contributed by atoms with van der Waals surface area (Å²) in [6, 6.07) is 15.0. The second-order valence-corrected chi connectivity index (χ2v) is 6.00. The maximum Gasteiger partial charge on any atom is 0.163 e. The molecule has 0 saturated heterocycles. The van der Waals surface area contributed by atoms with Gasteiger partial charge in [-0.1, -0.05) is 31.2 Å². The van der Waals surface area contributed by atoms with Gasteiger partial charge in [0.05, 0.1) is 23.1 Å². The second kappa shape index (κ2) is 7.49. The Morgan fingerprint density at radius 1 is 1.20 bits per heavy atom. The number of aromatic nitrogens is 2. The van der Waals surface area contributed by atoms with Gasteiger partial charge in [-0.05, 0) is 31.2 Å². The Labute approximate surface area is 146 Å². The van der Waals surface area contributed by atoms with Gasteiger partial charge >= 0.3 is 0 Å². The number of hydrogen-bond donors (Lipinski definition) is 1. The SMILES string of the molecule is CCc1nc2ccccc2n1C[C@H](O)COc1ccccc1C(C)=O. The first-order valence-corrected chi connectivity index (χ1v) is 8.45. The van der Waals surface area contributed by atoms with Gasteiger partial charge in [-0.2, -0.15) is 0 Å². The molecule has 0 radical (unpaired) electrons. The van der Waals surface area contributed by atoms with Crippen molar-refractivity contribution in [2.24, 2.45) is 0 Å². The fraction of sp³-hybridized carbons (Fsp3) is 0.300. The summed E-state index contributed by atoms with van der Waals surface area (Å²) >= 11 is 0. The number of rotatable bonds is 7. The number of benzene rings is 2. The van der Waals surface area contributed by atoms with E-state index in [0.717, 1.165) is 23.3 Å². The zero-order chi connectivity index (χ0) is 17.8. The number of para-hydroxylation sites is 3. The first kappa shape index (κ1) is 17.2. The van der Waals surface area contributed by atoms with Crippen LogP contribution in [0.5, 0.6) is 5.75 Å². The van der Waals surface area contributed by atoms with E-state index in [1.54, 1.807) is 18.2 Å². The normalized spacial score (nSPS) is 12.3. The zero-order valence-corrected chi connectivity index (χ0v) is 14.5. The van der Waals surface area contributed by atoms with E-state index < -0.39 is 6.10 Å². The first-order valence-electron chi connectivity index (χ1n) is 8.45. The van der Waals surface area contributed by atoms with E-state index in [1.165, 1.54) is 6.92 Å². The van der Waals surface area contributed by atoms with Gasteiger partial charge in [0.25, 0.3) is 0 Å². The number of aliphatic hydroxyl groups excluding tert-OH is 1. The number of carbonyl (C=O) groups excluding carboxylic acids is 1. The number of hydrogen-bond acceptors (Lipinski definition) is 4. The fourth-order valence-corrected chi connectivity index (χ4v) is 2.93. The molecular formula is C20H22N2O3. The van der Waals surface area contributed by atoms with Crippen molar-refractivity contribution < 1.29 is 14.6 Å². The number of aliphatic hydroxyl groups is 1. The van der Waals surface area contributed by atoms with Crippen LogP contribution in [0.2, 0.25) is 0 Å². The number of ketones is 1. The lowest BCUT2D eigenvalue weighted by Gasteiger charge is -2.16. The van der Waals surface area contributed by atoms with E-state index in [-0.39, 0.29) is 12.4 Å². The number of fused-ring (bicyclic) bond motifs is 1. The Bertz CT molecular complexity index is 886. The van der Waals surface area contributed by atoms with Gasteiger partial charge < -0.3 is 14.4 Å². The van der Waals surface area contributed by atoms with E-state index in [4.69, 9.17) is 4.74 Å². The highest BCUT2D eigenvalue weighted by molar-refractivity contribution is 5.96. The van der Waals surface area contributed by atoms with E-state index in [1.807, 2.05) is 41.8 Å². The van der Waals surface area contributed by atoms with Crippen molar-refractivity contribution in [1.29, 1.82) is 0 Å². The van der Waals surface area contributed by atoms with E-state index >= 15 is 0 Å². The number of aryl methyl sites for hydroxylation is 1. The van der Waals surface area contributed by atoms with Gasteiger partial charge in [0.2, 0.25) is 0 Å². The molecule has 0 aliphatic heterocycles. The van der Waals surface area contributed by atoms with Crippen molar-refractivity contribution in [2.75, 3.05) is 6.61 Å². The van der Waals surface area contributed by atoms with Crippen LogP contribution in [0, 0.1) is 0 Å². The molecule has 130 valence electrons. The topological polar surface area (TPSA) is 64.3 Å². The largest absolute Gasteiger partial charge is 0.490 e. The third-order valence-corrected chi connectivity index (χ3v) is 4.14. The number of nitrogens with zero attached hydrogens (tertiary/aromatic N) is 2. The number of ether oxygens (including phenoxy) is 1. The highest BCUT2D eigenvalue weighted by Gasteiger charge is 2.15. The highest BCUT2D eigenvalue weighted by atomic mass is 16.5. The quantitative estimate of drug-likeness (QED) is 0.672. The van der Waals surface area contributed by atoms with Gasteiger partial charge in [0.15, 0.2) is 5.78 Å². The van der Waals surface area contributed by atoms with E-state index in [9.17, 15) is 9.90 Å². The minimum atomic E-state index is -0.706. The molecule has 0 spiro atoms. The lowest BCUT2D eigenvalue weighted by molar-refractivity contribution is 0.0899. The lowest BCUT2D eigenvalue weighted by atomic mass is 10.1. The number of Topliss-reactive ketones (excluding diaryl/α,β-unsaturated/α-hetero) is 1. The average molecular weight is 338 g/mol. The van der Waals surface area contributed by atoms with Crippen molar-refractivity contribution in [1.82, 2.24) is 9.55 Å². The standard InChI is InChI=1S/C20H22N2O3/c1-3-20-21-17-9-5-6-10-18(17)22(20)12-15(24)13-25-19-11-7-4-8-16(19)14(2)23/h4-11,15,24H,3,12-13H2,1-2H3/t15-/m0/s1. The summed E-state index contributed by atoms with van der Waals surface area (Å²) in [5, 5.41) is 10.4. The Hall–Kier alpha value is -2.66. The summed E-state index contributed by atoms with van der Waals surface area (Å²) in [6.45, 7) is 4.05. The minimum Gasteiger partial charge on any atom is -0.490 e. The molecule has 2 aromatic carbocycles. The van der Waals surface area contributed by atoms with Gasteiger partial charge in [0, 0.05) is 6.42 Å². The van der Waals surface area contributed by atoms with E-state index in [2.05, 4.69) is 4.98 Å². The summed E-state index contributed by atoms with van der Waals surface area (Å²) in [5.41, 5.74) is 2.45. The summed E-state index contributed by atoms with van der Waals surface area (Å²) in [4.78, 5) is 16.2. The smallest absolute Gasteiger partial charge is 0.163 e. The predicted octanol–water partition coefficient (Wildman–Crippen LogP) is 3.24. The molecule has 0 fully saturated rings. The van der Waals surface area contributed by atoms with Crippen molar-refractivity contribution in [2.45, 2.75) is 32.9 Å². The molecule has 3 rings (SSSR count). The minimum absolute atomic E-state index is 0.0565. The van der Waals surface area contributed by atoms with Crippen LogP contribution < -0.4 is 4.74 Å². The molecular weight excluding hydrogens is 316 g/mol. The molecule has 3 aromatic rings. The van der Waals surface area contributed by atoms with Crippen LogP contribution in [0.15, 0.2) is 48.5 Å². The molecule has 1 heterocycles. The van der Waals surface area contributed by atoms with Gasteiger partial charge in [0.1, 0.15) is 24.3 Å². The Morgan fingerprint density at radius 3 is 2.68 bits per heavy atom. The van der Waals surface area contributed by atoms with Crippen molar-refractivity contribution in [3.05, 3.63) is 59.9 Å². The molecule has 0 bridgehead atoms. The average Bonchev–Trinajstić information content (AvgIpc) is 2.98. The predicted molar refractivity (Wildman–Crippen MR) is 97.1 cm³/mol. The number of imidazole rings is 1. The van der Waals surface area contributed by atoms with Crippen LogP contribution in [-0.2, 0) is 13.0 Å². The summed E-state index contributed by atoms with van der Waals surface area (Å²) in [5.74, 6) is 1.38. The molecule has 0 unspecified atom stereocenters. The van der Waals surface area contributed by atoms with Crippen LogP contribution in [0.3, 0.4) is 0 Å². The fourth-order valence-electron chi connectivity index (χ4n) is 2.93. The maximum absolute atomic E-state index is 11.6. The molecule has 0 amide bonds. The highest BCUT2D eigenvalue weighted by Crippen LogP contribution is 2.20. The summed E-state index contributed by atoms with van der Waals surface area (Å²) in [7, 11) is 0. The van der Waals surface area contributed by atoms with Gasteiger partial charge in [-0.25, -0.2) is 4.98 Å². The van der Waals surface area contributed by atoms with Crippen LogP contribution in [0.25, 0.3) is 11.0 Å². The lowest BCUT2D eigenvalue weighted by Crippen LogP contribution is -2.25. The molecule has 5 heteroatoms. The summed E-state index contributed by atoms with van der Waals surface area (Å²) < 4.78 is 7.72. The first-order chi connectivity index (χ1) is 12.1. The van der Waals surface area contributed by atoms with Crippen molar-refractivity contribution in [3.63, 3.8) is 0 Å². The molecule has 1 aromatic heterocycles. The Kier molecular flexibility index (Phi) is 5.14. The van der Waals surface area contributed by atoms with Crippen LogP contribution >= 0.6 is 0 Å². The summed E-state index contributed by atoms with van der Waals surface area (Å²) in [6.07, 6.45) is 0.0815. The van der Waals surface area contributed by atoms with Crippen molar-refractivity contribution >= 4 is 16.8 Å². The van der Waals surface area contributed by atoms with Crippen LogP contribution in [-0.4, -0.2) is 33.2 Å². The van der Waals surface area contributed by atoms with Gasteiger partial charge in [-0.3, -0.25) is 4.79 Å². The zero-order valence-electron chi connectivity index (χ0n) is 14.5. The Morgan fingerprint density at radius 2 is 1.92 bits per heavy atom. The van der Waals surface area contributed by atoms with Crippen LogP contribution in [0.1, 0.15) is 30.0 Å². The second-order valence-electron chi connectivity index (χ2n) is 6.00. The van der Waals surface area contributed by atoms with Crippen molar-refractivity contribution in [3.8, 4) is 5.75 Å². The molecule has 0 saturated carbocycles.